The lowest BCUT2D eigenvalue weighted by atomic mass is 10.1. The average molecular weight is 570 g/mol. The molecule has 0 bridgehead atoms. The fraction of sp³-hybridized carbons (Fsp3) is 0.290. The summed E-state index contributed by atoms with van der Waals surface area (Å²) in [4.78, 5) is 33.2. The van der Waals surface area contributed by atoms with Gasteiger partial charge in [-0.2, -0.15) is 13.2 Å². The van der Waals surface area contributed by atoms with Crippen LogP contribution < -0.4 is 0 Å². The second-order valence-corrected chi connectivity index (χ2v) is 9.70. The molecule has 216 valence electrons. The van der Waals surface area contributed by atoms with Crippen molar-refractivity contribution in [1.29, 1.82) is 0 Å². The predicted octanol–water partition coefficient (Wildman–Crippen LogP) is 6.08. The van der Waals surface area contributed by atoms with E-state index in [4.69, 9.17) is 4.74 Å². The van der Waals surface area contributed by atoms with Crippen molar-refractivity contribution < 1.29 is 31.9 Å². The highest BCUT2D eigenvalue weighted by atomic mass is 19.4. The Morgan fingerprint density at radius 1 is 0.902 bits per heavy atom. The second-order valence-electron chi connectivity index (χ2n) is 9.70. The molecule has 0 atom stereocenters. The van der Waals surface area contributed by atoms with Crippen LogP contribution in [0, 0.1) is 5.82 Å². The number of ether oxygens (including phenoxy) is 1. The van der Waals surface area contributed by atoms with Crippen LogP contribution in [0.2, 0.25) is 0 Å². The molecule has 0 aliphatic rings. The van der Waals surface area contributed by atoms with Crippen molar-refractivity contribution in [2.45, 2.75) is 25.6 Å². The molecule has 4 rings (SSSR count). The van der Waals surface area contributed by atoms with E-state index >= 15 is 0 Å². The number of aromatic nitrogens is 1. The van der Waals surface area contributed by atoms with Crippen LogP contribution in [0.3, 0.4) is 0 Å². The molecule has 0 radical (unpaired) electrons. The molecular formula is C31H31F4N3O3. The maximum absolute atomic E-state index is 13.7. The Bertz CT molecular complexity index is 1450. The monoisotopic (exact) mass is 569 g/mol. The van der Waals surface area contributed by atoms with Crippen molar-refractivity contribution >= 4 is 22.7 Å². The first kappa shape index (κ1) is 29.8. The maximum atomic E-state index is 13.7. The topological polar surface area (TPSA) is 65.6 Å². The van der Waals surface area contributed by atoms with Crippen LogP contribution in [0.1, 0.15) is 33.5 Å². The molecule has 41 heavy (non-hydrogen) atoms. The third-order valence-corrected chi connectivity index (χ3v) is 6.81. The number of H-pyrrole nitrogens is 1. The number of halogens is 4. The minimum Gasteiger partial charge on any atom is -0.385 e. The van der Waals surface area contributed by atoms with Gasteiger partial charge in [-0.25, -0.2) is 4.39 Å². The van der Waals surface area contributed by atoms with E-state index in [9.17, 15) is 27.2 Å². The summed E-state index contributed by atoms with van der Waals surface area (Å²) in [6.07, 6.45) is -1.66. The van der Waals surface area contributed by atoms with E-state index in [2.05, 4.69) is 4.98 Å². The number of nitrogens with zero attached hydrogens (tertiary/aromatic N) is 2. The third kappa shape index (κ3) is 7.94. The van der Waals surface area contributed by atoms with E-state index in [0.717, 1.165) is 46.3 Å². The molecule has 1 N–H and O–H groups in total. The number of amides is 2. The first-order valence-electron chi connectivity index (χ1n) is 13.2. The summed E-state index contributed by atoms with van der Waals surface area (Å²) in [6, 6.07) is 17.6. The van der Waals surface area contributed by atoms with Crippen molar-refractivity contribution in [2.24, 2.45) is 0 Å². The number of alkyl halides is 3. The standard InChI is InChI=1S/C31H31F4N3O3/c1-41-18-4-16-38(30(40)23-9-11-25(12-10-23)31(33,34)35)21-29(39)37(20-22-7-13-26(32)14-8-22)17-15-24-19-36-28-6-3-2-5-27(24)28/h2-3,5-14,19,36H,4,15-18,20-21H2,1H3. The largest absolute Gasteiger partial charge is 0.416 e. The summed E-state index contributed by atoms with van der Waals surface area (Å²) in [5, 5.41) is 1.04. The molecule has 0 spiro atoms. The second kappa shape index (κ2) is 13.5. The van der Waals surface area contributed by atoms with Gasteiger partial charge in [0, 0.05) is 56.0 Å². The minimum absolute atomic E-state index is 0.0482. The molecule has 6 nitrogen and oxygen atoms in total. The molecule has 3 aromatic carbocycles. The van der Waals surface area contributed by atoms with Crippen LogP contribution in [-0.4, -0.2) is 59.9 Å². The molecule has 1 aromatic heterocycles. The van der Waals surface area contributed by atoms with Gasteiger partial charge in [0.2, 0.25) is 5.91 Å². The van der Waals surface area contributed by atoms with Gasteiger partial charge in [0.1, 0.15) is 12.4 Å². The summed E-state index contributed by atoms with van der Waals surface area (Å²) >= 11 is 0. The summed E-state index contributed by atoms with van der Waals surface area (Å²) in [5.41, 5.74) is 1.91. The number of benzene rings is 3. The van der Waals surface area contributed by atoms with Crippen LogP contribution in [0.5, 0.6) is 0 Å². The predicted molar refractivity (Wildman–Crippen MR) is 148 cm³/mol. The lowest BCUT2D eigenvalue weighted by molar-refractivity contribution is -0.137. The van der Waals surface area contributed by atoms with E-state index in [0.29, 0.717) is 26.0 Å². The van der Waals surface area contributed by atoms with Crippen molar-refractivity contribution in [1.82, 2.24) is 14.8 Å². The quantitative estimate of drug-likeness (QED) is 0.166. The van der Waals surface area contributed by atoms with Gasteiger partial charge in [-0.1, -0.05) is 30.3 Å². The zero-order valence-corrected chi connectivity index (χ0v) is 22.6. The summed E-state index contributed by atoms with van der Waals surface area (Å²) in [5.74, 6) is -1.29. The fourth-order valence-corrected chi connectivity index (χ4v) is 4.60. The summed E-state index contributed by atoms with van der Waals surface area (Å²) in [7, 11) is 1.52. The first-order valence-corrected chi connectivity index (χ1v) is 13.2. The van der Waals surface area contributed by atoms with Gasteiger partial charge in [0.15, 0.2) is 0 Å². The number of nitrogens with one attached hydrogen (secondary N) is 1. The van der Waals surface area contributed by atoms with Gasteiger partial charge in [-0.3, -0.25) is 9.59 Å². The van der Waals surface area contributed by atoms with E-state index < -0.39 is 23.5 Å². The van der Waals surface area contributed by atoms with Gasteiger partial charge >= 0.3 is 6.18 Å². The Hall–Kier alpha value is -4.18. The van der Waals surface area contributed by atoms with Crippen molar-refractivity contribution in [2.75, 3.05) is 33.4 Å². The molecule has 0 saturated carbocycles. The van der Waals surface area contributed by atoms with E-state index in [1.807, 2.05) is 30.5 Å². The van der Waals surface area contributed by atoms with Crippen LogP contribution in [0.15, 0.2) is 79.0 Å². The molecule has 0 unspecified atom stereocenters. The Morgan fingerprint density at radius 3 is 2.29 bits per heavy atom. The van der Waals surface area contributed by atoms with Gasteiger partial charge in [0.05, 0.1) is 5.56 Å². The van der Waals surface area contributed by atoms with Gasteiger partial charge in [-0.05, 0) is 66.4 Å². The lowest BCUT2D eigenvalue weighted by Gasteiger charge is -2.28. The normalized spacial score (nSPS) is 11.5. The zero-order chi connectivity index (χ0) is 29.4. The van der Waals surface area contributed by atoms with Crippen molar-refractivity contribution in [3.8, 4) is 0 Å². The van der Waals surface area contributed by atoms with Gasteiger partial charge in [0.25, 0.3) is 5.91 Å². The molecule has 0 aliphatic carbocycles. The lowest BCUT2D eigenvalue weighted by Crippen LogP contribution is -2.44. The highest BCUT2D eigenvalue weighted by molar-refractivity contribution is 5.96. The number of methoxy groups -OCH3 is 1. The van der Waals surface area contributed by atoms with Gasteiger partial charge in [-0.15, -0.1) is 0 Å². The molecule has 0 saturated heterocycles. The number of carbonyl (C=O) groups is 2. The number of hydrogen-bond acceptors (Lipinski definition) is 3. The molecule has 0 aliphatic heterocycles. The maximum Gasteiger partial charge on any atom is 0.416 e. The van der Waals surface area contributed by atoms with E-state index in [1.54, 1.807) is 17.0 Å². The molecule has 1 heterocycles. The zero-order valence-electron chi connectivity index (χ0n) is 22.6. The Balaban J connectivity index is 1.54. The van der Waals surface area contributed by atoms with Crippen LogP contribution in [0.4, 0.5) is 17.6 Å². The average Bonchev–Trinajstić information content (AvgIpc) is 3.38. The number of para-hydroxylation sites is 1. The van der Waals surface area contributed by atoms with Crippen LogP contribution in [-0.2, 0) is 28.7 Å². The molecule has 0 fully saturated rings. The Labute approximate surface area is 235 Å². The number of aromatic amines is 1. The molecule has 4 aromatic rings. The van der Waals surface area contributed by atoms with E-state index in [-0.39, 0.29) is 31.1 Å². The summed E-state index contributed by atoms with van der Waals surface area (Å²) in [6.45, 7) is 0.760. The van der Waals surface area contributed by atoms with Crippen molar-refractivity contribution in [3.05, 3.63) is 107 Å². The highest BCUT2D eigenvalue weighted by Crippen LogP contribution is 2.29. The fourth-order valence-electron chi connectivity index (χ4n) is 4.60. The smallest absolute Gasteiger partial charge is 0.385 e. The van der Waals surface area contributed by atoms with Crippen molar-refractivity contribution in [3.63, 3.8) is 0 Å². The summed E-state index contributed by atoms with van der Waals surface area (Å²) < 4.78 is 57.7. The van der Waals surface area contributed by atoms with E-state index in [1.165, 1.54) is 24.1 Å². The number of carbonyl (C=O) groups excluding carboxylic acids is 2. The first-order chi connectivity index (χ1) is 19.7. The minimum atomic E-state index is -4.53. The molecule has 10 heteroatoms. The van der Waals surface area contributed by atoms with Crippen LogP contribution >= 0.6 is 0 Å². The number of rotatable bonds is 12. The Kier molecular flexibility index (Phi) is 9.78. The molecule has 2 amide bonds. The SMILES string of the molecule is COCCCN(CC(=O)N(CCc1c[nH]c2ccccc12)Cc1ccc(F)cc1)C(=O)c1ccc(C(F)(F)F)cc1. The number of fused-ring (bicyclic) bond motifs is 1. The third-order valence-electron chi connectivity index (χ3n) is 6.81. The number of hydrogen-bond donors (Lipinski definition) is 1. The Morgan fingerprint density at radius 2 is 1.61 bits per heavy atom. The van der Waals surface area contributed by atoms with Crippen LogP contribution in [0.25, 0.3) is 10.9 Å². The highest BCUT2D eigenvalue weighted by Gasteiger charge is 2.31. The van der Waals surface area contributed by atoms with Gasteiger partial charge < -0.3 is 19.5 Å². The molecular weight excluding hydrogens is 538 g/mol.